The second kappa shape index (κ2) is 6.68. The van der Waals surface area contributed by atoms with Gasteiger partial charge in [0, 0.05) is 6.04 Å². The molecule has 0 aromatic heterocycles. The molecular weight excluding hydrogens is 262 g/mol. The lowest BCUT2D eigenvalue weighted by Gasteiger charge is -2.46. The predicted octanol–water partition coefficient (Wildman–Crippen LogP) is 3.90. The summed E-state index contributed by atoms with van der Waals surface area (Å²) in [5, 5.41) is 0. The Balaban J connectivity index is 1.96. The Morgan fingerprint density at radius 1 is 1.24 bits per heavy atom. The molecule has 3 heteroatoms. The third-order valence-corrected chi connectivity index (χ3v) is 6.38. The Hall–Kier alpha value is -0.570. The number of carbonyl (C=O) groups is 1. The molecule has 0 aliphatic heterocycles. The number of hydrogen-bond acceptors (Lipinski definition) is 3. The van der Waals surface area contributed by atoms with E-state index in [9.17, 15) is 4.79 Å². The Morgan fingerprint density at radius 3 is 2.62 bits per heavy atom. The molecule has 2 N–H and O–H groups in total. The van der Waals surface area contributed by atoms with Crippen LogP contribution < -0.4 is 5.73 Å². The van der Waals surface area contributed by atoms with Gasteiger partial charge in [-0.3, -0.25) is 4.79 Å². The van der Waals surface area contributed by atoms with Crippen LogP contribution in [-0.4, -0.2) is 18.1 Å². The van der Waals surface area contributed by atoms with E-state index in [1.165, 1.54) is 19.3 Å². The summed E-state index contributed by atoms with van der Waals surface area (Å²) in [6, 6.07) is 0.211. The van der Waals surface area contributed by atoms with Crippen LogP contribution >= 0.6 is 0 Å². The fourth-order valence-corrected chi connectivity index (χ4v) is 4.24. The summed E-state index contributed by atoms with van der Waals surface area (Å²) in [5.41, 5.74) is 6.12. The minimum Gasteiger partial charge on any atom is -0.462 e. The second-order valence-corrected chi connectivity index (χ2v) is 7.90. The summed E-state index contributed by atoms with van der Waals surface area (Å²) in [4.78, 5) is 12.7. The molecule has 5 unspecified atom stereocenters. The highest BCUT2D eigenvalue weighted by atomic mass is 16.5. The van der Waals surface area contributed by atoms with Crippen molar-refractivity contribution in [2.24, 2.45) is 28.9 Å². The number of esters is 1. The lowest BCUT2D eigenvalue weighted by molar-refractivity contribution is -0.164. The van der Waals surface area contributed by atoms with Crippen LogP contribution in [-0.2, 0) is 9.53 Å². The average Bonchev–Trinajstić information content (AvgIpc) is 2.45. The van der Waals surface area contributed by atoms with Crippen LogP contribution in [0, 0.1) is 23.2 Å². The van der Waals surface area contributed by atoms with Crippen LogP contribution in [0.25, 0.3) is 0 Å². The summed E-state index contributed by atoms with van der Waals surface area (Å²) in [5.74, 6) is 1.14. The summed E-state index contributed by atoms with van der Waals surface area (Å²) in [6.45, 7) is 8.77. The molecule has 0 aromatic rings. The maximum absolute atomic E-state index is 12.7. The molecule has 2 fully saturated rings. The van der Waals surface area contributed by atoms with E-state index in [0.717, 1.165) is 31.6 Å². The van der Waals surface area contributed by atoms with E-state index in [4.69, 9.17) is 10.5 Å². The molecule has 0 radical (unpaired) electrons. The van der Waals surface area contributed by atoms with Gasteiger partial charge >= 0.3 is 5.97 Å². The van der Waals surface area contributed by atoms with Crippen LogP contribution in [0.2, 0.25) is 0 Å². The van der Waals surface area contributed by atoms with Gasteiger partial charge in [0.05, 0.1) is 5.92 Å². The molecule has 0 bridgehead atoms. The fourth-order valence-electron chi connectivity index (χ4n) is 4.24. The first-order chi connectivity index (χ1) is 9.86. The third kappa shape index (κ3) is 3.61. The van der Waals surface area contributed by atoms with Crippen molar-refractivity contribution in [3.05, 3.63) is 0 Å². The van der Waals surface area contributed by atoms with E-state index >= 15 is 0 Å². The Morgan fingerprint density at radius 2 is 1.95 bits per heavy atom. The highest BCUT2D eigenvalue weighted by Crippen LogP contribution is 2.45. The monoisotopic (exact) mass is 295 g/mol. The molecule has 2 aliphatic rings. The van der Waals surface area contributed by atoms with Crippen molar-refractivity contribution in [2.75, 3.05) is 0 Å². The van der Waals surface area contributed by atoms with Gasteiger partial charge in [-0.15, -0.1) is 0 Å². The lowest BCUT2D eigenvalue weighted by Crippen LogP contribution is -2.50. The van der Waals surface area contributed by atoms with Crippen molar-refractivity contribution in [1.29, 1.82) is 0 Å². The largest absolute Gasteiger partial charge is 0.462 e. The van der Waals surface area contributed by atoms with Crippen molar-refractivity contribution in [3.63, 3.8) is 0 Å². The van der Waals surface area contributed by atoms with E-state index in [1.807, 2.05) is 0 Å². The standard InChI is InChI=1S/C18H33NO2/c1-5-13-7-6-8-14(11-13)21-17(20)15-9-10-16(19)12(2)18(15,3)4/h12-16H,5-11,19H2,1-4H3. The Kier molecular flexibility index (Phi) is 5.34. The van der Waals surface area contributed by atoms with Gasteiger partial charge in [0.25, 0.3) is 0 Å². The molecular formula is C18H33NO2. The van der Waals surface area contributed by atoms with Crippen molar-refractivity contribution < 1.29 is 9.53 Å². The van der Waals surface area contributed by atoms with E-state index in [2.05, 4.69) is 27.7 Å². The number of nitrogens with two attached hydrogens (primary N) is 1. The topological polar surface area (TPSA) is 52.3 Å². The zero-order valence-electron chi connectivity index (χ0n) is 14.2. The molecule has 2 rings (SSSR count). The Labute approximate surface area is 130 Å². The van der Waals surface area contributed by atoms with Crippen LogP contribution in [0.4, 0.5) is 0 Å². The van der Waals surface area contributed by atoms with Gasteiger partial charge in [-0.2, -0.15) is 0 Å². The zero-order chi connectivity index (χ0) is 15.6. The van der Waals surface area contributed by atoms with Crippen LogP contribution in [0.3, 0.4) is 0 Å². The number of hydrogen-bond donors (Lipinski definition) is 1. The summed E-state index contributed by atoms with van der Waals surface area (Å²) in [6.07, 6.45) is 7.77. The third-order valence-electron chi connectivity index (χ3n) is 6.38. The van der Waals surface area contributed by atoms with E-state index in [-0.39, 0.29) is 29.4 Å². The van der Waals surface area contributed by atoms with E-state index < -0.39 is 0 Å². The van der Waals surface area contributed by atoms with Crippen LogP contribution in [0.5, 0.6) is 0 Å². The normalized spacial score (nSPS) is 39.8. The molecule has 5 atom stereocenters. The van der Waals surface area contributed by atoms with Crippen molar-refractivity contribution in [3.8, 4) is 0 Å². The second-order valence-electron chi connectivity index (χ2n) is 7.90. The molecule has 122 valence electrons. The van der Waals surface area contributed by atoms with E-state index in [0.29, 0.717) is 5.92 Å². The molecule has 0 aromatic carbocycles. The SMILES string of the molecule is CCC1CCCC(OC(=O)C2CCC(N)C(C)C2(C)C)C1. The minimum atomic E-state index is -0.0619. The highest BCUT2D eigenvalue weighted by molar-refractivity contribution is 5.73. The Bertz CT molecular complexity index is 366. The van der Waals surface area contributed by atoms with Crippen molar-refractivity contribution >= 4 is 5.97 Å². The maximum Gasteiger partial charge on any atom is 0.309 e. The molecule has 21 heavy (non-hydrogen) atoms. The summed E-state index contributed by atoms with van der Waals surface area (Å²) in [7, 11) is 0. The predicted molar refractivity (Wildman–Crippen MR) is 85.8 cm³/mol. The maximum atomic E-state index is 12.7. The molecule has 0 saturated heterocycles. The van der Waals surface area contributed by atoms with Gasteiger partial charge in [-0.1, -0.05) is 40.5 Å². The van der Waals surface area contributed by atoms with Gasteiger partial charge < -0.3 is 10.5 Å². The molecule has 0 heterocycles. The van der Waals surface area contributed by atoms with Gasteiger partial charge in [0.1, 0.15) is 6.10 Å². The molecule has 2 saturated carbocycles. The smallest absolute Gasteiger partial charge is 0.309 e. The first kappa shape index (κ1) is 16.8. The first-order valence-electron chi connectivity index (χ1n) is 8.82. The molecule has 2 aliphatic carbocycles. The number of carbonyl (C=O) groups excluding carboxylic acids is 1. The lowest BCUT2D eigenvalue weighted by atomic mass is 9.61. The highest BCUT2D eigenvalue weighted by Gasteiger charge is 2.46. The molecule has 3 nitrogen and oxygen atoms in total. The average molecular weight is 295 g/mol. The van der Waals surface area contributed by atoms with Crippen molar-refractivity contribution in [1.82, 2.24) is 0 Å². The van der Waals surface area contributed by atoms with Gasteiger partial charge in [-0.25, -0.2) is 0 Å². The van der Waals surface area contributed by atoms with Gasteiger partial charge in [0.2, 0.25) is 0 Å². The quantitative estimate of drug-likeness (QED) is 0.803. The minimum absolute atomic E-state index is 0.00861. The summed E-state index contributed by atoms with van der Waals surface area (Å²) >= 11 is 0. The van der Waals surface area contributed by atoms with Crippen LogP contribution in [0.15, 0.2) is 0 Å². The van der Waals surface area contributed by atoms with E-state index in [1.54, 1.807) is 0 Å². The fraction of sp³-hybridized carbons (Fsp3) is 0.944. The molecule has 0 amide bonds. The van der Waals surface area contributed by atoms with Crippen LogP contribution in [0.1, 0.15) is 72.6 Å². The van der Waals surface area contributed by atoms with Gasteiger partial charge in [-0.05, 0) is 49.4 Å². The first-order valence-corrected chi connectivity index (χ1v) is 8.82. The number of ether oxygens (including phenoxy) is 1. The van der Waals surface area contributed by atoms with Gasteiger partial charge in [0.15, 0.2) is 0 Å². The number of rotatable bonds is 3. The summed E-state index contributed by atoms with van der Waals surface area (Å²) < 4.78 is 5.90. The molecule has 0 spiro atoms. The zero-order valence-corrected chi connectivity index (χ0v) is 14.2. The van der Waals surface area contributed by atoms with Crippen molar-refractivity contribution in [2.45, 2.75) is 84.8 Å².